The first-order valence-corrected chi connectivity index (χ1v) is 12.0. The molecule has 2 aromatic carbocycles. The smallest absolute Gasteiger partial charge is 0.254 e. The minimum absolute atomic E-state index is 0.0117. The minimum atomic E-state index is -0.0332. The van der Waals surface area contributed by atoms with E-state index in [4.69, 9.17) is 0 Å². The van der Waals surface area contributed by atoms with Gasteiger partial charge in [-0.3, -0.25) is 14.4 Å². The van der Waals surface area contributed by atoms with Crippen molar-refractivity contribution in [3.05, 3.63) is 65.7 Å². The molecule has 0 N–H and O–H groups in total. The van der Waals surface area contributed by atoms with Crippen molar-refractivity contribution in [2.45, 2.75) is 30.6 Å². The van der Waals surface area contributed by atoms with Gasteiger partial charge in [0.25, 0.3) is 5.91 Å². The van der Waals surface area contributed by atoms with Crippen molar-refractivity contribution in [2.75, 3.05) is 31.9 Å². The molecule has 162 valence electrons. The Kier molecular flexibility index (Phi) is 7.07. The van der Waals surface area contributed by atoms with Crippen LogP contribution in [0.15, 0.2) is 59.5 Å². The van der Waals surface area contributed by atoms with Crippen molar-refractivity contribution in [3.8, 4) is 0 Å². The first-order chi connectivity index (χ1) is 15.1. The minimum Gasteiger partial charge on any atom is -0.342 e. The number of benzene rings is 2. The van der Waals surface area contributed by atoms with E-state index >= 15 is 0 Å². The molecule has 0 saturated carbocycles. The SMILES string of the molecule is O=C(c1ccccc1)C1CCN(C(=O)c2ccccc2SCC(=O)N2CCCC2)CC1. The molecule has 2 aliphatic heterocycles. The van der Waals surface area contributed by atoms with Gasteiger partial charge in [-0.15, -0.1) is 11.8 Å². The predicted octanol–water partition coefficient (Wildman–Crippen LogP) is 4.14. The van der Waals surface area contributed by atoms with Crippen LogP contribution in [0.5, 0.6) is 0 Å². The maximum atomic E-state index is 13.2. The zero-order valence-corrected chi connectivity index (χ0v) is 18.5. The molecule has 0 unspecified atom stereocenters. The highest BCUT2D eigenvalue weighted by Crippen LogP contribution is 2.28. The predicted molar refractivity (Wildman–Crippen MR) is 122 cm³/mol. The maximum Gasteiger partial charge on any atom is 0.254 e. The number of nitrogens with zero attached hydrogens (tertiary/aromatic N) is 2. The fourth-order valence-corrected chi connectivity index (χ4v) is 5.27. The summed E-state index contributed by atoms with van der Waals surface area (Å²) in [5, 5.41) is 0. The van der Waals surface area contributed by atoms with Crippen molar-refractivity contribution in [2.24, 2.45) is 5.92 Å². The first-order valence-electron chi connectivity index (χ1n) is 11.0. The molecular weight excluding hydrogens is 408 g/mol. The van der Waals surface area contributed by atoms with Gasteiger partial charge in [-0.05, 0) is 37.8 Å². The molecule has 2 aromatic rings. The summed E-state index contributed by atoms with van der Waals surface area (Å²) in [6.45, 7) is 2.84. The number of amides is 2. The van der Waals surface area contributed by atoms with E-state index in [9.17, 15) is 14.4 Å². The van der Waals surface area contributed by atoms with Gasteiger partial charge in [0, 0.05) is 42.6 Å². The Morgan fingerprint density at radius 3 is 2.16 bits per heavy atom. The summed E-state index contributed by atoms with van der Waals surface area (Å²) in [4.78, 5) is 42.9. The van der Waals surface area contributed by atoms with Gasteiger partial charge in [0.2, 0.25) is 5.91 Å². The van der Waals surface area contributed by atoms with Gasteiger partial charge in [0.05, 0.1) is 11.3 Å². The Hall–Kier alpha value is -2.60. The molecule has 31 heavy (non-hydrogen) atoms. The number of likely N-dealkylation sites (tertiary alicyclic amines) is 2. The van der Waals surface area contributed by atoms with Crippen LogP contribution in [0.25, 0.3) is 0 Å². The summed E-state index contributed by atoms with van der Waals surface area (Å²) in [5.41, 5.74) is 1.39. The summed E-state index contributed by atoms with van der Waals surface area (Å²) in [5.74, 6) is 0.628. The third-order valence-corrected chi connectivity index (χ3v) is 7.20. The van der Waals surface area contributed by atoms with Crippen molar-refractivity contribution in [3.63, 3.8) is 0 Å². The zero-order valence-electron chi connectivity index (χ0n) is 17.7. The van der Waals surface area contributed by atoms with Crippen LogP contribution in [0.3, 0.4) is 0 Å². The van der Waals surface area contributed by atoms with Crippen molar-refractivity contribution in [1.82, 2.24) is 9.80 Å². The standard InChI is InChI=1S/C25H28N2O3S/c28-23(26-14-6-7-15-26)18-31-22-11-5-4-10-21(22)25(30)27-16-12-20(13-17-27)24(29)19-8-2-1-3-9-19/h1-5,8-11,20H,6-7,12-18H2. The Morgan fingerprint density at radius 2 is 1.45 bits per heavy atom. The van der Waals surface area contributed by atoms with E-state index in [0.29, 0.717) is 37.2 Å². The van der Waals surface area contributed by atoms with Crippen LogP contribution in [0, 0.1) is 5.92 Å². The van der Waals surface area contributed by atoms with E-state index in [-0.39, 0.29) is 23.5 Å². The van der Waals surface area contributed by atoms with Gasteiger partial charge in [-0.25, -0.2) is 0 Å². The van der Waals surface area contributed by atoms with Gasteiger partial charge in [0.1, 0.15) is 0 Å². The third kappa shape index (κ3) is 5.18. The fourth-order valence-electron chi connectivity index (χ4n) is 4.32. The Labute approximate surface area is 187 Å². The second kappa shape index (κ2) is 10.1. The van der Waals surface area contributed by atoms with Crippen LogP contribution in [-0.2, 0) is 4.79 Å². The van der Waals surface area contributed by atoms with Gasteiger partial charge >= 0.3 is 0 Å². The number of Topliss-reactive ketones (excluding diaryl/α,β-unsaturated/α-hetero) is 1. The molecule has 2 saturated heterocycles. The summed E-state index contributed by atoms with van der Waals surface area (Å²) in [6, 6.07) is 16.9. The van der Waals surface area contributed by atoms with E-state index < -0.39 is 0 Å². The molecule has 2 heterocycles. The average molecular weight is 437 g/mol. The number of thioether (sulfide) groups is 1. The van der Waals surface area contributed by atoms with Crippen molar-refractivity contribution in [1.29, 1.82) is 0 Å². The molecule has 0 radical (unpaired) electrons. The highest BCUT2D eigenvalue weighted by Gasteiger charge is 2.29. The number of rotatable bonds is 6. The second-order valence-corrected chi connectivity index (χ2v) is 9.19. The molecule has 6 heteroatoms. The van der Waals surface area contributed by atoms with E-state index in [1.54, 1.807) is 0 Å². The molecule has 0 atom stereocenters. The molecule has 0 bridgehead atoms. The Balaban J connectivity index is 1.35. The highest BCUT2D eigenvalue weighted by atomic mass is 32.2. The Morgan fingerprint density at radius 1 is 0.806 bits per heavy atom. The summed E-state index contributed by atoms with van der Waals surface area (Å²) < 4.78 is 0. The van der Waals surface area contributed by atoms with E-state index in [1.165, 1.54) is 11.8 Å². The zero-order chi connectivity index (χ0) is 21.6. The normalized spacial score (nSPS) is 17.0. The lowest BCUT2D eigenvalue weighted by Crippen LogP contribution is -2.40. The van der Waals surface area contributed by atoms with E-state index in [2.05, 4.69) is 0 Å². The summed E-state index contributed by atoms with van der Waals surface area (Å²) in [7, 11) is 0. The highest BCUT2D eigenvalue weighted by molar-refractivity contribution is 8.00. The monoisotopic (exact) mass is 436 g/mol. The largest absolute Gasteiger partial charge is 0.342 e. The number of carbonyl (C=O) groups excluding carboxylic acids is 3. The lowest BCUT2D eigenvalue weighted by Gasteiger charge is -2.32. The van der Waals surface area contributed by atoms with E-state index in [1.807, 2.05) is 64.4 Å². The van der Waals surface area contributed by atoms with Crippen molar-refractivity contribution >= 4 is 29.4 Å². The third-order valence-electron chi connectivity index (χ3n) is 6.14. The Bertz CT molecular complexity index is 933. The van der Waals surface area contributed by atoms with Gasteiger partial charge in [-0.2, -0.15) is 0 Å². The molecule has 2 fully saturated rings. The van der Waals surface area contributed by atoms with Gasteiger partial charge < -0.3 is 9.80 Å². The fraction of sp³-hybridized carbons (Fsp3) is 0.400. The summed E-state index contributed by atoms with van der Waals surface area (Å²) in [6.07, 6.45) is 3.52. The molecule has 0 spiro atoms. The van der Waals surface area contributed by atoms with Crippen molar-refractivity contribution < 1.29 is 14.4 Å². The molecule has 2 aliphatic rings. The van der Waals surface area contributed by atoms with Crippen LogP contribution in [-0.4, -0.2) is 59.3 Å². The number of hydrogen-bond acceptors (Lipinski definition) is 4. The van der Waals surface area contributed by atoms with Gasteiger partial charge in [-0.1, -0.05) is 42.5 Å². The van der Waals surface area contributed by atoms with Crippen LogP contribution in [0.4, 0.5) is 0 Å². The number of ketones is 1. The molecular formula is C25H28N2O3S. The van der Waals surface area contributed by atoms with Crippen LogP contribution in [0.2, 0.25) is 0 Å². The lowest BCUT2D eigenvalue weighted by atomic mass is 9.88. The quantitative estimate of drug-likeness (QED) is 0.505. The maximum absolute atomic E-state index is 13.2. The van der Waals surface area contributed by atoms with Crippen LogP contribution >= 0.6 is 11.8 Å². The average Bonchev–Trinajstić information content (AvgIpc) is 3.38. The van der Waals surface area contributed by atoms with Gasteiger partial charge in [0.15, 0.2) is 5.78 Å². The summed E-state index contributed by atoms with van der Waals surface area (Å²) >= 11 is 1.44. The number of piperidine rings is 1. The number of carbonyl (C=O) groups is 3. The number of hydrogen-bond donors (Lipinski definition) is 0. The van der Waals surface area contributed by atoms with E-state index in [0.717, 1.165) is 36.4 Å². The molecule has 5 nitrogen and oxygen atoms in total. The van der Waals surface area contributed by atoms with Crippen LogP contribution in [0.1, 0.15) is 46.4 Å². The molecule has 0 aromatic heterocycles. The molecule has 2 amide bonds. The van der Waals surface area contributed by atoms with Crippen LogP contribution < -0.4 is 0 Å². The second-order valence-electron chi connectivity index (χ2n) is 8.17. The molecule has 4 rings (SSSR count). The first kappa shape index (κ1) is 21.6. The lowest BCUT2D eigenvalue weighted by molar-refractivity contribution is -0.127. The molecule has 0 aliphatic carbocycles. The topological polar surface area (TPSA) is 57.7 Å².